The van der Waals surface area contributed by atoms with E-state index in [0.29, 0.717) is 23.5 Å². The fourth-order valence-corrected chi connectivity index (χ4v) is 3.02. The van der Waals surface area contributed by atoms with Gasteiger partial charge in [0.15, 0.2) is 4.80 Å². The predicted octanol–water partition coefficient (Wildman–Crippen LogP) is 2.60. The van der Waals surface area contributed by atoms with Crippen LogP contribution in [-0.4, -0.2) is 29.2 Å². The summed E-state index contributed by atoms with van der Waals surface area (Å²) < 4.78 is 7.08. The third-order valence-corrected chi connectivity index (χ3v) is 4.49. The number of thiazole rings is 1. The highest BCUT2D eigenvalue weighted by Gasteiger charge is 2.12. The highest BCUT2D eigenvalue weighted by molar-refractivity contribution is 7.09. The molecule has 21 heavy (non-hydrogen) atoms. The third-order valence-electron chi connectivity index (χ3n) is 3.10. The smallest absolute Gasteiger partial charge is 0.282 e. The number of halogens is 1. The van der Waals surface area contributed by atoms with Gasteiger partial charge >= 0.3 is 0 Å². The predicted molar refractivity (Wildman–Crippen MR) is 82.8 cm³/mol. The standard InChI is InChI=1S/C14H16ClN3O2S/c1-9-10(2)21-14(18(9)7-8-20-3)17-13(19)11-5-4-6-16-12(11)15/h4-6H,7-8H2,1-3H3. The summed E-state index contributed by atoms with van der Waals surface area (Å²) in [5.41, 5.74) is 1.39. The van der Waals surface area contributed by atoms with Crippen LogP contribution < -0.4 is 4.80 Å². The molecule has 2 aromatic heterocycles. The number of hydrogen-bond donors (Lipinski definition) is 0. The maximum Gasteiger partial charge on any atom is 0.282 e. The molecule has 0 saturated carbocycles. The quantitative estimate of drug-likeness (QED) is 0.812. The molecule has 0 saturated heterocycles. The second-order valence-corrected chi connectivity index (χ2v) is 5.97. The number of hydrogen-bond acceptors (Lipinski definition) is 4. The molecule has 0 aliphatic heterocycles. The largest absolute Gasteiger partial charge is 0.383 e. The van der Waals surface area contributed by atoms with Crippen LogP contribution in [0, 0.1) is 13.8 Å². The summed E-state index contributed by atoms with van der Waals surface area (Å²) in [5.74, 6) is -0.388. The number of methoxy groups -OCH3 is 1. The molecule has 5 nitrogen and oxygen atoms in total. The van der Waals surface area contributed by atoms with Crippen molar-refractivity contribution in [2.24, 2.45) is 4.99 Å². The number of amides is 1. The van der Waals surface area contributed by atoms with Crippen LogP contribution in [0.3, 0.4) is 0 Å². The van der Waals surface area contributed by atoms with Crippen molar-refractivity contribution >= 4 is 28.8 Å². The zero-order chi connectivity index (χ0) is 15.4. The summed E-state index contributed by atoms with van der Waals surface area (Å²) >= 11 is 7.41. The van der Waals surface area contributed by atoms with E-state index in [1.165, 1.54) is 17.5 Å². The minimum Gasteiger partial charge on any atom is -0.383 e. The van der Waals surface area contributed by atoms with Crippen molar-refractivity contribution in [3.8, 4) is 0 Å². The Morgan fingerprint density at radius 3 is 2.95 bits per heavy atom. The number of carbonyl (C=O) groups is 1. The first-order valence-electron chi connectivity index (χ1n) is 6.40. The van der Waals surface area contributed by atoms with E-state index in [9.17, 15) is 4.79 Å². The van der Waals surface area contributed by atoms with E-state index in [1.807, 2.05) is 18.4 Å². The van der Waals surface area contributed by atoms with Gasteiger partial charge < -0.3 is 9.30 Å². The fraction of sp³-hybridized carbons (Fsp3) is 0.357. The van der Waals surface area contributed by atoms with Gasteiger partial charge in [-0.05, 0) is 26.0 Å². The lowest BCUT2D eigenvalue weighted by atomic mass is 10.3. The fourth-order valence-electron chi connectivity index (χ4n) is 1.82. The molecular weight excluding hydrogens is 310 g/mol. The van der Waals surface area contributed by atoms with Gasteiger partial charge in [0.25, 0.3) is 5.91 Å². The molecule has 0 aliphatic carbocycles. The number of pyridine rings is 1. The average Bonchev–Trinajstić information content (AvgIpc) is 2.72. The molecule has 0 atom stereocenters. The van der Waals surface area contributed by atoms with E-state index in [0.717, 1.165) is 10.6 Å². The van der Waals surface area contributed by atoms with Gasteiger partial charge in [0.2, 0.25) is 0 Å². The molecule has 0 aromatic carbocycles. The number of nitrogens with zero attached hydrogens (tertiary/aromatic N) is 3. The van der Waals surface area contributed by atoms with E-state index in [1.54, 1.807) is 19.2 Å². The summed E-state index contributed by atoms with van der Waals surface area (Å²) in [7, 11) is 1.65. The van der Waals surface area contributed by atoms with Gasteiger partial charge in [0, 0.05) is 30.4 Å². The van der Waals surface area contributed by atoms with Crippen molar-refractivity contribution in [1.82, 2.24) is 9.55 Å². The highest BCUT2D eigenvalue weighted by atomic mass is 35.5. The molecule has 0 fully saturated rings. The summed E-state index contributed by atoms with van der Waals surface area (Å²) in [4.78, 5) is 22.1. The number of rotatable bonds is 4. The van der Waals surface area contributed by atoms with Crippen molar-refractivity contribution in [2.45, 2.75) is 20.4 Å². The van der Waals surface area contributed by atoms with E-state index in [4.69, 9.17) is 16.3 Å². The van der Waals surface area contributed by atoms with E-state index in [2.05, 4.69) is 9.98 Å². The summed E-state index contributed by atoms with van der Waals surface area (Å²) in [6.07, 6.45) is 1.54. The second kappa shape index (κ2) is 6.98. The van der Waals surface area contributed by atoms with Gasteiger partial charge in [0.1, 0.15) is 5.15 Å². The molecule has 0 bridgehead atoms. The summed E-state index contributed by atoms with van der Waals surface area (Å²) in [6, 6.07) is 3.28. The van der Waals surface area contributed by atoms with Crippen LogP contribution in [0.2, 0.25) is 5.15 Å². The number of carbonyl (C=O) groups excluding carboxylic acids is 1. The molecule has 2 rings (SSSR count). The maximum atomic E-state index is 12.3. The molecule has 1 amide bonds. The molecule has 7 heteroatoms. The Kier molecular flexibility index (Phi) is 5.27. The Labute approximate surface area is 131 Å². The van der Waals surface area contributed by atoms with Gasteiger partial charge in [-0.25, -0.2) is 4.98 Å². The van der Waals surface area contributed by atoms with E-state index < -0.39 is 0 Å². The van der Waals surface area contributed by atoms with Crippen LogP contribution in [0.15, 0.2) is 23.3 Å². The van der Waals surface area contributed by atoms with Crippen LogP contribution in [0.1, 0.15) is 20.9 Å². The molecule has 2 aromatic rings. The summed E-state index contributed by atoms with van der Waals surface area (Å²) in [5, 5.41) is 0.166. The highest BCUT2D eigenvalue weighted by Crippen LogP contribution is 2.14. The lowest BCUT2D eigenvalue weighted by molar-refractivity contribution is 0.0997. The van der Waals surface area contributed by atoms with Crippen LogP contribution in [-0.2, 0) is 11.3 Å². The van der Waals surface area contributed by atoms with Crippen molar-refractivity contribution in [3.05, 3.63) is 44.4 Å². The van der Waals surface area contributed by atoms with Crippen LogP contribution in [0.25, 0.3) is 0 Å². The molecule has 2 heterocycles. The Hall–Kier alpha value is -1.50. The van der Waals surface area contributed by atoms with Crippen LogP contribution in [0.4, 0.5) is 0 Å². The first-order chi connectivity index (χ1) is 10.0. The number of aromatic nitrogens is 2. The van der Waals surface area contributed by atoms with Gasteiger partial charge in [-0.2, -0.15) is 4.99 Å². The molecular formula is C14H16ClN3O2S. The minimum atomic E-state index is -0.388. The van der Waals surface area contributed by atoms with Gasteiger partial charge in [0.05, 0.1) is 12.2 Å². The number of ether oxygens (including phenoxy) is 1. The first kappa shape index (κ1) is 15.9. The normalized spacial score (nSPS) is 11.9. The van der Waals surface area contributed by atoms with Crippen LogP contribution in [0.5, 0.6) is 0 Å². The first-order valence-corrected chi connectivity index (χ1v) is 7.59. The molecule has 0 N–H and O–H groups in total. The maximum absolute atomic E-state index is 12.3. The monoisotopic (exact) mass is 325 g/mol. The number of aryl methyl sites for hydroxylation is 1. The zero-order valence-electron chi connectivity index (χ0n) is 12.1. The van der Waals surface area contributed by atoms with Crippen molar-refractivity contribution in [3.63, 3.8) is 0 Å². The third kappa shape index (κ3) is 3.58. The molecule has 0 spiro atoms. The minimum absolute atomic E-state index is 0.166. The van der Waals surface area contributed by atoms with Crippen molar-refractivity contribution in [1.29, 1.82) is 0 Å². The van der Waals surface area contributed by atoms with Crippen molar-refractivity contribution < 1.29 is 9.53 Å². The molecule has 0 radical (unpaired) electrons. The Morgan fingerprint density at radius 2 is 2.29 bits per heavy atom. The van der Waals surface area contributed by atoms with Gasteiger partial charge in [-0.15, -0.1) is 11.3 Å². The lowest BCUT2D eigenvalue weighted by Crippen LogP contribution is -2.20. The van der Waals surface area contributed by atoms with Crippen LogP contribution >= 0.6 is 22.9 Å². The van der Waals surface area contributed by atoms with E-state index in [-0.39, 0.29) is 11.1 Å². The second-order valence-electron chi connectivity index (χ2n) is 4.43. The van der Waals surface area contributed by atoms with Gasteiger partial charge in [-0.1, -0.05) is 11.6 Å². The average molecular weight is 326 g/mol. The van der Waals surface area contributed by atoms with Crippen molar-refractivity contribution in [2.75, 3.05) is 13.7 Å². The zero-order valence-corrected chi connectivity index (χ0v) is 13.7. The van der Waals surface area contributed by atoms with Gasteiger partial charge in [-0.3, -0.25) is 4.79 Å². The molecule has 0 unspecified atom stereocenters. The Bertz CT molecular complexity index is 721. The SMILES string of the molecule is COCCn1c(C)c(C)sc1=NC(=O)c1cccnc1Cl. The Balaban J connectivity index is 2.43. The molecule has 112 valence electrons. The molecule has 0 aliphatic rings. The summed E-state index contributed by atoms with van der Waals surface area (Å²) in [6.45, 7) is 5.22. The Morgan fingerprint density at radius 1 is 1.52 bits per heavy atom. The van der Waals surface area contributed by atoms with E-state index >= 15 is 0 Å². The topological polar surface area (TPSA) is 56.5 Å². The lowest BCUT2D eigenvalue weighted by Gasteiger charge is -2.05.